The van der Waals surface area contributed by atoms with Crippen LogP contribution in [0.3, 0.4) is 0 Å². The quantitative estimate of drug-likeness (QED) is 0.785. The molecule has 3 aromatic rings. The van der Waals surface area contributed by atoms with Crippen LogP contribution in [0.15, 0.2) is 69.9 Å². The molecule has 2 aromatic heterocycles. The van der Waals surface area contributed by atoms with E-state index in [0.29, 0.717) is 11.5 Å². The first-order valence-electron chi connectivity index (χ1n) is 6.73. The van der Waals surface area contributed by atoms with Crippen molar-refractivity contribution < 1.29 is 13.6 Å². The third-order valence-corrected chi connectivity index (χ3v) is 3.27. The monoisotopic (exact) mass is 281 g/mol. The zero-order chi connectivity index (χ0) is 14.7. The molecule has 0 fully saturated rings. The van der Waals surface area contributed by atoms with Gasteiger partial charge in [-0.1, -0.05) is 30.3 Å². The van der Waals surface area contributed by atoms with Crippen molar-refractivity contribution in [2.45, 2.75) is 13.0 Å². The minimum Gasteiger partial charge on any atom is -0.467 e. The highest BCUT2D eigenvalue weighted by Crippen LogP contribution is 2.25. The van der Waals surface area contributed by atoms with E-state index >= 15 is 0 Å². The fourth-order valence-corrected chi connectivity index (χ4v) is 2.20. The standard InChI is InChI=1S/C17H15NO3/c1-12(15-8-5-10-20-15)18-17(19)16-14(9-11-21-16)13-6-3-2-4-7-13/h2-12H,1H3,(H,18,19)/t12-/m0/s1. The Labute approximate surface area is 122 Å². The Morgan fingerprint density at radius 3 is 2.52 bits per heavy atom. The Bertz CT molecular complexity index is 714. The molecule has 0 bridgehead atoms. The number of hydrogen-bond donors (Lipinski definition) is 1. The third-order valence-electron chi connectivity index (χ3n) is 3.27. The molecule has 0 saturated heterocycles. The van der Waals surface area contributed by atoms with E-state index in [1.165, 1.54) is 6.26 Å². The average Bonchev–Trinajstić information content (AvgIpc) is 3.19. The second kappa shape index (κ2) is 5.71. The Hall–Kier alpha value is -2.75. The molecule has 1 aromatic carbocycles. The van der Waals surface area contributed by atoms with Crippen LogP contribution in [0.5, 0.6) is 0 Å². The average molecular weight is 281 g/mol. The molecular weight excluding hydrogens is 266 g/mol. The van der Waals surface area contributed by atoms with Gasteiger partial charge in [-0.2, -0.15) is 0 Å². The molecule has 0 aliphatic rings. The van der Waals surface area contributed by atoms with Crippen LogP contribution in [0, 0.1) is 0 Å². The van der Waals surface area contributed by atoms with Crippen LogP contribution >= 0.6 is 0 Å². The molecule has 4 heteroatoms. The highest BCUT2D eigenvalue weighted by atomic mass is 16.3. The highest BCUT2D eigenvalue weighted by Gasteiger charge is 2.19. The van der Waals surface area contributed by atoms with Gasteiger partial charge < -0.3 is 14.2 Å². The molecule has 21 heavy (non-hydrogen) atoms. The van der Waals surface area contributed by atoms with Crippen LogP contribution in [0.2, 0.25) is 0 Å². The van der Waals surface area contributed by atoms with Crippen LogP contribution in [0.25, 0.3) is 11.1 Å². The van der Waals surface area contributed by atoms with Gasteiger partial charge in [0.1, 0.15) is 5.76 Å². The Kier molecular flexibility index (Phi) is 3.60. The fraction of sp³-hybridized carbons (Fsp3) is 0.118. The summed E-state index contributed by atoms with van der Waals surface area (Å²) in [5.74, 6) is 0.749. The van der Waals surface area contributed by atoms with Crippen molar-refractivity contribution in [1.82, 2.24) is 5.32 Å². The Balaban J connectivity index is 1.82. The van der Waals surface area contributed by atoms with Crippen molar-refractivity contribution in [3.8, 4) is 11.1 Å². The first kappa shape index (κ1) is 13.2. The van der Waals surface area contributed by atoms with Crippen LogP contribution in [-0.4, -0.2) is 5.91 Å². The van der Waals surface area contributed by atoms with E-state index in [1.54, 1.807) is 18.4 Å². The maximum Gasteiger partial charge on any atom is 0.288 e. The summed E-state index contributed by atoms with van der Waals surface area (Å²) in [5, 5.41) is 2.87. The molecule has 0 spiro atoms. The van der Waals surface area contributed by atoms with Gasteiger partial charge in [0.2, 0.25) is 0 Å². The maximum absolute atomic E-state index is 12.4. The van der Waals surface area contributed by atoms with Crippen molar-refractivity contribution in [3.05, 3.63) is 72.6 Å². The van der Waals surface area contributed by atoms with E-state index in [2.05, 4.69) is 5.32 Å². The fourth-order valence-electron chi connectivity index (χ4n) is 2.20. The second-order valence-corrected chi connectivity index (χ2v) is 4.74. The number of benzene rings is 1. The van der Waals surface area contributed by atoms with Crippen LogP contribution in [-0.2, 0) is 0 Å². The zero-order valence-corrected chi connectivity index (χ0v) is 11.6. The van der Waals surface area contributed by atoms with Crippen molar-refractivity contribution in [1.29, 1.82) is 0 Å². The van der Waals surface area contributed by atoms with Crippen LogP contribution < -0.4 is 5.32 Å². The van der Waals surface area contributed by atoms with Gasteiger partial charge in [-0.3, -0.25) is 4.79 Å². The summed E-state index contributed by atoms with van der Waals surface area (Å²) in [6.07, 6.45) is 3.11. The van der Waals surface area contributed by atoms with Crippen molar-refractivity contribution >= 4 is 5.91 Å². The van der Waals surface area contributed by atoms with E-state index < -0.39 is 0 Å². The molecule has 1 N–H and O–H groups in total. The second-order valence-electron chi connectivity index (χ2n) is 4.74. The minimum absolute atomic E-state index is 0.221. The smallest absolute Gasteiger partial charge is 0.288 e. The Morgan fingerprint density at radius 1 is 1.00 bits per heavy atom. The molecule has 4 nitrogen and oxygen atoms in total. The topological polar surface area (TPSA) is 55.4 Å². The predicted molar refractivity (Wildman–Crippen MR) is 78.7 cm³/mol. The van der Waals surface area contributed by atoms with Crippen LogP contribution in [0.1, 0.15) is 29.3 Å². The largest absolute Gasteiger partial charge is 0.467 e. The molecule has 0 aliphatic heterocycles. The number of carbonyl (C=O) groups excluding carboxylic acids is 1. The summed E-state index contributed by atoms with van der Waals surface area (Å²) >= 11 is 0. The first-order chi connectivity index (χ1) is 10.3. The number of furan rings is 2. The first-order valence-corrected chi connectivity index (χ1v) is 6.73. The molecule has 2 heterocycles. The molecule has 1 atom stereocenters. The summed E-state index contributed by atoms with van der Waals surface area (Å²) in [6, 6.07) is 14.9. The van der Waals surface area contributed by atoms with Gasteiger partial charge in [0.25, 0.3) is 5.91 Å². The molecule has 0 saturated carbocycles. The maximum atomic E-state index is 12.4. The van der Waals surface area contributed by atoms with Gasteiger partial charge in [0.15, 0.2) is 5.76 Å². The van der Waals surface area contributed by atoms with Gasteiger partial charge in [-0.05, 0) is 30.7 Å². The molecule has 0 aliphatic carbocycles. The summed E-state index contributed by atoms with van der Waals surface area (Å²) in [5.41, 5.74) is 1.72. The van der Waals surface area contributed by atoms with E-state index in [4.69, 9.17) is 8.83 Å². The van der Waals surface area contributed by atoms with E-state index in [0.717, 1.165) is 11.1 Å². The van der Waals surface area contributed by atoms with Crippen molar-refractivity contribution in [2.75, 3.05) is 0 Å². The lowest BCUT2D eigenvalue weighted by Gasteiger charge is -2.11. The van der Waals surface area contributed by atoms with Gasteiger partial charge in [-0.15, -0.1) is 0 Å². The van der Waals surface area contributed by atoms with Gasteiger partial charge in [0, 0.05) is 5.56 Å². The molecule has 1 amide bonds. The minimum atomic E-state index is -0.261. The van der Waals surface area contributed by atoms with Gasteiger partial charge in [-0.25, -0.2) is 0 Å². The molecule has 0 unspecified atom stereocenters. The van der Waals surface area contributed by atoms with Gasteiger partial charge in [0.05, 0.1) is 18.6 Å². The molecule has 0 radical (unpaired) electrons. The lowest BCUT2D eigenvalue weighted by molar-refractivity contribution is 0.0908. The SMILES string of the molecule is C[C@H](NC(=O)c1occc1-c1ccccc1)c1ccco1. The lowest BCUT2D eigenvalue weighted by Crippen LogP contribution is -2.26. The zero-order valence-electron chi connectivity index (χ0n) is 11.6. The number of nitrogens with one attached hydrogen (secondary N) is 1. The third kappa shape index (κ3) is 2.74. The lowest BCUT2D eigenvalue weighted by atomic mass is 10.1. The highest BCUT2D eigenvalue weighted by molar-refractivity contribution is 5.98. The number of amides is 1. The number of carbonyl (C=O) groups is 1. The van der Waals surface area contributed by atoms with E-state index in [9.17, 15) is 4.79 Å². The van der Waals surface area contributed by atoms with Crippen LogP contribution in [0.4, 0.5) is 0 Å². The summed E-state index contributed by atoms with van der Waals surface area (Å²) < 4.78 is 10.6. The van der Waals surface area contributed by atoms with Crippen molar-refractivity contribution in [2.24, 2.45) is 0 Å². The summed E-state index contributed by atoms with van der Waals surface area (Å²) in [4.78, 5) is 12.4. The normalized spacial score (nSPS) is 12.0. The summed E-state index contributed by atoms with van der Waals surface area (Å²) in [7, 11) is 0. The molecule has 3 rings (SSSR count). The molecular formula is C17H15NO3. The van der Waals surface area contributed by atoms with E-state index in [1.807, 2.05) is 43.3 Å². The molecule has 106 valence electrons. The van der Waals surface area contributed by atoms with Gasteiger partial charge >= 0.3 is 0 Å². The van der Waals surface area contributed by atoms with E-state index in [-0.39, 0.29) is 11.9 Å². The number of rotatable bonds is 4. The number of hydrogen-bond acceptors (Lipinski definition) is 3. The Morgan fingerprint density at radius 2 is 1.81 bits per heavy atom. The van der Waals surface area contributed by atoms with Crippen molar-refractivity contribution in [3.63, 3.8) is 0 Å². The predicted octanol–water partition coefficient (Wildman–Crippen LogP) is 4.03. The summed E-state index contributed by atoms with van der Waals surface area (Å²) in [6.45, 7) is 1.86.